The van der Waals surface area contributed by atoms with Gasteiger partial charge in [-0.3, -0.25) is 0 Å². The zero-order valence-electron chi connectivity index (χ0n) is 12.5. The molecule has 122 valence electrons. The fourth-order valence-electron chi connectivity index (χ4n) is 2.10. The second-order valence-corrected chi connectivity index (χ2v) is 6.32. The Morgan fingerprint density at radius 3 is 2.46 bits per heavy atom. The summed E-state index contributed by atoms with van der Waals surface area (Å²) >= 11 is 18.2. The van der Waals surface area contributed by atoms with E-state index in [-0.39, 0.29) is 0 Å². The predicted octanol–water partition coefficient (Wildman–Crippen LogP) is 6.02. The van der Waals surface area contributed by atoms with E-state index >= 15 is 0 Å². The number of imidazole rings is 1. The second-order valence-electron chi connectivity index (χ2n) is 5.04. The summed E-state index contributed by atoms with van der Waals surface area (Å²) in [4.78, 5) is 4.03. The summed E-state index contributed by atoms with van der Waals surface area (Å²) in [5.41, 5.74) is 1.75. The van der Waals surface area contributed by atoms with Crippen molar-refractivity contribution in [2.75, 3.05) is 0 Å². The maximum atomic E-state index is 6.32. The number of benzene rings is 2. The lowest BCUT2D eigenvalue weighted by molar-refractivity contribution is 0.265. The van der Waals surface area contributed by atoms with Gasteiger partial charge in [0, 0.05) is 28.0 Å². The normalized spacial score (nSPS) is 11.5. The number of halogens is 3. The minimum absolute atomic E-state index is 0.386. The number of nitrogens with zero attached hydrogens (tertiary/aromatic N) is 2. The Kier molecular flexibility index (Phi) is 5.46. The topological polar surface area (TPSA) is 27.1 Å². The zero-order chi connectivity index (χ0) is 16.9. The Morgan fingerprint density at radius 1 is 1.04 bits per heavy atom. The van der Waals surface area contributed by atoms with Crippen LogP contribution in [0.25, 0.3) is 12.0 Å². The molecule has 6 heteroatoms. The Labute approximate surface area is 155 Å². The fourth-order valence-corrected chi connectivity index (χ4v) is 2.72. The van der Waals surface area contributed by atoms with Crippen molar-refractivity contribution in [1.82, 2.24) is 9.55 Å². The molecule has 1 aromatic heterocycles. The van der Waals surface area contributed by atoms with Gasteiger partial charge in [-0.15, -0.1) is 0 Å². The van der Waals surface area contributed by atoms with Crippen molar-refractivity contribution < 1.29 is 4.74 Å². The van der Waals surface area contributed by atoms with Crippen LogP contribution in [0.4, 0.5) is 0 Å². The van der Waals surface area contributed by atoms with Gasteiger partial charge in [0.15, 0.2) is 0 Å². The van der Waals surface area contributed by atoms with Crippen molar-refractivity contribution in [1.29, 1.82) is 0 Å². The van der Waals surface area contributed by atoms with Crippen LogP contribution in [0.15, 0.2) is 61.2 Å². The molecule has 1 heterocycles. The quantitative estimate of drug-likeness (QED) is 0.507. The van der Waals surface area contributed by atoms with Gasteiger partial charge in [0.05, 0.1) is 17.5 Å². The van der Waals surface area contributed by atoms with E-state index in [4.69, 9.17) is 39.5 Å². The van der Waals surface area contributed by atoms with Crippen LogP contribution in [-0.2, 0) is 11.3 Å². The number of hydrogen-bond donors (Lipinski definition) is 0. The van der Waals surface area contributed by atoms with E-state index in [1.165, 1.54) is 0 Å². The SMILES string of the molecule is Clc1ccc(CO/C(=C\n2ccnc2)c2ccc(Cl)cc2Cl)cc1. The van der Waals surface area contributed by atoms with Gasteiger partial charge in [0.2, 0.25) is 0 Å². The molecule has 3 rings (SSSR count). The summed E-state index contributed by atoms with van der Waals surface area (Å²) < 4.78 is 7.78. The van der Waals surface area contributed by atoms with Crippen molar-refractivity contribution in [2.24, 2.45) is 0 Å². The molecule has 24 heavy (non-hydrogen) atoms. The molecule has 0 saturated heterocycles. The lowest BCUT2D eigenvalue weighted by Crippen LogP contribution is -1.97. The van der Waals surface area contributed by atoms with Crippen LogP contribution < -0.4 is 0 Å². The molecule has 0 aliphatic rings. The highest BCUT2D eigenvalue weighted by Gasteiger charge is 2.10. The standard InChI is InChI=1S/C18H13Cl3N2O/c19-14-3-1-13(2-4-14)11-24-18(10-23-8-7-22-12-23)16-6-5-15(20)9-17(16)21/h1-10,12H,11H2/b18-10-. The summed E-state index contributed by atoms with van der Waals surface area (Å²) in [5, 5.41) is 1.78. The predicted molar refractivity (Wildman–Crippen MR) is 99.1 cm³/mol. The van der Waals surface area contributed by atoms with Gasteiger partial charge < -0.3 is 9.30 Å². The van der Waals surface area contributed by atoms with Gasteiger partial charge in [-0.25, -0.2) is 4.98 Å². The van der Waals surface area contributed by atoms with E-state index in [1.54, 1.807) is 29.2 Å². The molecule has 0 saturated carbocycles. The van der Waals surface area contributed by atoms with E-state index in [9.17, 15) is 0 Å². The van der Waals surface area contributed by atoms with Crippen molar-refractivity contribution in [2.45, 2.75) is 6.61 Å². The van der Waals surface area contributed by atoms with Gasteiger partial charge >= 0.3 is 0 Å². The number of rotatable bonds is 5. The monoisotopic (exact) mass is 378 g/mol. The van der Waals surface area contributed by atoms with Crippen molar-refractivity contribution in [3.05, 3.63) is 87.4 Å². The lowest BCUT2D eigenvalue weighted by Gasteiger charge is -2.13. The molecule has 0 radical (unpaired) electrons. The first kappa shape index (κ1) is 16.9. The summed E-state index contributed by atoms with van der Waals surface area (Å²) in [7, 11) is 0. The summed E-state index contributed by atoms with van der Waals surface area (Å²) in [6.07, 6.45) is 7.00. The Bertz CT molecular complexity index is 843. The van der Waals surface area contributed by atoms with Crippen molar-refractivity contribution in [3.8, 4) is 0 Å². The largest absolute Gasteiger partial charge is 0.487 e. The molecule has 0 atom stereocenters. The number of aromatic nitrogens is 2. The summed E-state index contributed by atoms with van der Waals surface area (Å²) in [5.74, 6) is 0.615. The van der Waals surface area contributed by atoms with Crippen molar-refractivity contribution >= 4 is 46.8 Å². The van der Waals surface area contributed by atoms with Gasteiger partial charge in [-0.2, -0.15) is 0 Å². The number of hydrogen-bond acceptors (Lipinski definition) is 2. The molecule has 0 aliphatic carbocycles. The summed E-state index contributed by atoms with van der Waals surface area (Å²) in [6, 6.07) is 12.8. The Balaban J connectivity index is 1.89. The average Bonchev–Trinajstić information content (AvgIpc) is 3.06. The maximum absolute atomic E-state index is 6.32. The van der Waals surface area contributed by atoms with Gasteiger partial charge in [0.25, 0.3) is 0 Å². The lowest BCUT2D eigenvalue weighted by atomic mass is 10.2. The Morgan fingerprint density at radius 2 is 1.79 bits per heavy atom. The molecular formula is C18H13Cl3N2O. The molecule has 2 aromatic carbocycles. The molecule has 0 N–H and O–H groups in total. The van der Waals surface area contributed by atoms with Gasteiger partial charge in [0.1, 0.15) is 12.4 Å². The van der Waals surface area contributed by atoms with Crippen LogP contribution in [0.5, 0.6) is 0 Å². The van der Waals surface area contributed by atoms with Crippen molar-refractivity contribution in [3.63, 3.8) is 0 Å². The smallest absolute Gasteiger partial charge is 0.145 e. The third kappa shape index (κ3) is 4.32. The van der Waals surface area contributed by atoms with E-state index in [1.807, 2.05) is 42.7 Å². The first-order valence-corrected chi connectivity index (χ1v) is 8.27. The summed E-state index contributed by atoms with van der Waals surface area (Å²) in [6.45, 7) is 0.386. The fraction of sp³-hybridized carbons (Fsp3) is 0.0556. The van der Waals surface area contributed by atoms with Crippen LogP contribution in [-0.4, -0.2) is 9.55 Å². The van der Waals surface area contributed by atoms with E-state index in [0.717, 1.165) is 11.1 Å². The van der Waals surface area contributed by atoms with Crippen LogP contribution in [0.2, 0.25) is 15.1 Å². The second kappa shape index (κ2) is 7.75. The van der Waals surface area contributed by atoms with E-state index in [2.05, 4.69) is 4.98 Å². The molecule has 0 unspecified atom stereocenters. The van der Waals surface area contributed by atoms with E-state index < -0.39 is 0 Å². The molecule has 0 aliphatic heterocycles. The minimum atomic E-state index is 0.386. The highest BCUT2D eigenvalue weighted by molar-refractivity contribution is 6.35. The third-order valence-electron chi connectivity index (χ3n) is 3.30. The highest BCUT2D eigenvalue weighted by atomic mass is 35.5. The average molecular weight is 380 g/mol. The first-order valence-electron chi connectivity index (χ1n) is 7.14. The molecule has 3 aromatic rings. The Hall–Kier alpha value is -1.94. The van der Waals surface area contributed by atoms with Gasteiger partial charge in [-0.05, 0) is 35.9 Å². The third-order valence-corrected chi connectivity index (χ3v) is 4.10. The van der Waals surface area contributed by atoms with Crippen LogP contribution in [0.1, 0.15) is 11.1 Å². The first-order chi connectivity index (χ1) is 11.6. The van der Waals surface area contributed by atoms with Crippen LogP contribution in [0, 0.1) is 0 Å². The van der Waals surface area contributed by atoms with Gasteiger partial charge in [-0.1, -0.05) is 46.9 Å². The molecular weight excluding hydrogens is 367 g/mol. The molecule has 0 bridgehead atoms. The molecule has 0 spiro atoms. The maximum Gasteiger partial charge on any atom is 0.145 e. The zero-order valence-corrected chi connectivity index (χ0v) is 14.8. The molecule has 0 amide bonds. The number of ether oxygens (including phenoxy) is 1. The molecule has 0 fully saturated rings. The minimum Gasteiger partial charge on any atom is -0.487 e. The van der Waals surface area contributed by atoms with E-state index in [0.29, 0.717) is 27.4 Å². The van der Waals surface area contributed by atoms with Crippen LogP contribution >= 0.6 is 34.8 Å². The molecule has 3 nitrogen and oxygen atoms in total. The van der Waals surface area contributed by atoms with Crippen LogP contribution in [0.3, 0.4) is 0 Å². The highest BCUT2D eigenvalue weighted by Crippen LogP contribution is 2.29.